The molecule has 1 spiro atoms. The maximum Gasteiger partial charge on any atom is 0.338 e. The number of hydrogen-bond acceptors (Lipinski definition) is 6. The van der Waals surface area contributed by atoms with Gasteiger partial charge in [0.05, 0.1) is 17.7 Å². The number of aromatic amines is 1. The first kappa shape index (κ1) is 28.9. The Morgan fingerprint density at radius 3 is 2.49 bits per heavy atom. The summed E-state index contributed by atoms with van der Waals surface area (Å²) in [7, 11) is 0. The van der Waals surface area contributed by atoms with Gasteiger partial charge in [0, 0.05) is 36.4 Å². The van der Waals surface area contributed by atoms with Crippen LogP contribution in [0.3, 0.4) is 0 Å². The number of hydrogen-bond donors (Lipinski definition) is 1. The zero-order valence-electron chi connectivity index (χ0n) is 25.4. The summed E-state index contributed by atoms with van der Waals surface area (Å²) in [6, 6.07) is 26.0. The maximum absolute atomic E-state index is 14.2. The van der Waals surface area contributed by atoms with E-state index in [0.29, 0.717) is 18.8 Å². The molecule has 1 N–H and O–H groups in total. The first-order valence-corrected chi connectivity index (χ1v) is 15.3. The van der Waals surface area contributed by atoms with Gasteiger partial charge in [0.15, 0.2) is 0 Å². The number of likely N-dealkylation sites (tertiary alicyclic amines) is 1. The van der Waals surface area contributed by atoms with Crippen LogP contribution in [0, 0.1) is 0 Å². The maximum atomic E-state index is 14.2. The van der Waals surface area contributed by atoms with Gasteiger partial charge in [-0.25, -0.2) is 4.79 Å². The molecule has 4 aromatic rings. The Bertz CT molecular complexity index is 1580. The predicted molar refractivity (Wildman–Crippen MR) is 169 cm³/mol. The monoisotopic (exact) mass is 579 g/mol. The molecule has 0 radical (unpaired) electrons. The van der Waals surface area contributed by atoms with Crippen molar-refractivity contribution in [1.82, 2.24) is 20.0 Å². The lowest BCUT2D eigenvalue weighted by Gasteiger charge is -2.43. The fraction of sp³-hybridized carbons (Fsp3) is 0.400. The van der Waals surface area contributed by atoms with Crippen molar-refractivity contribution >= 4 is 28.5 Å². The number of ether oxygens (including phenoxy) is 1. The number of H-pyrrole nitrogens is 1. The first-order chi connectivity index (χ1) is 20.7. The van der Waals surface area contributed by atoms with Gasteiger partial charge in [0.2, 0.25) is 5.91 Å². The summed E-state index contributed by atoms with van der Waals surface area (Å²) in [5.41, 5.74) is 3.57. The van der Waals surface area contributed by atoms with E-state index in [1.807, 2.05) is 74.2 Å². The number of benzene rings is 3. The molecule has 43 heavy (non-hydrogen) atoms. The largest absolute Gasteiger partial charge is 0.456 e. The molecule has 2 fully saturated rings. The first-order valence-electron chi connectivity index (χ1n) is 15.3. The average Bonchev–Trinajstić information content (AvgIpc) is 3.53. The molecule has 2 saturated heterocycles. The van der Waals surface area contributed by atoms with Crippen LogP contribution in [0.25, 0.3) is 10.9 Å². The molecule has 0 aliphatic carbocycles. The standard InChI is InChI=1S/C35H41N5O3/c1-34(2,3)43-32(41)27-12-9-11-26(23-27)24-39-25-40(28-13-5-4-6-14-28)35(33(39)42)18-21-38(22-19-35)20-10-17-31-29-15-7-8-16-30(29)36-37-31/h4-9,11-16,23H,10,17-22,24-25H2,1-3H3,(H,36,37). The number of esters is 1. The summed E-state index contributed by atoms with van der Waals surface area (Å²) < 4.78 is 5.58. The minimum Gasteiger partial charge on any atom is -0.456 e. The fourth-order valence-electron chi connectivity index (χ4n) is 6.51. The Hall–Kier alpha value is -4.17. The Balaban J connectivity index is 1.13. The van der Waals surface area contributed by atoms with Crippen LogP contribution in [-0.2, 0) is 22.5 Å². The number of rotatable bonds is 8. The van der Waals surface area contributed by atoms with E-state index in [2.05, 4.69) is 44.3 Å². The number of aryl methyl sites for hydroxylation is 1. The minimum atomic E-state index is -0.569. The zero-order chi connectivity index (χ0) is 30.0. The highest BCUT2D eigenvalue weighted by Crippen LogP contribution is 2.40. The highest BCUT2D eigenvalue weighted by atomic mass is 16.6. The van der Waals surface area contributed by atoms with E-state index in [0.717, 1.165) is 62.1 Å². The fourth-order valence-corrected chi connectivity index (χ4v) is 6.51. The molecule has 0 atom stereocenters. The van der Waals surface area contributed by atoms with Crippen LogP contribution >= 0.6 is 0 Å². The predicted octanol–water partition coefficient (Wildman–Crippen LogP) is 5.79. The van der Waals surface area contributed by atoms with Gasteiger partial charge < -0.3 is 19.4 Å². The van der Waals surface area contributed by atoms with Crippen molar-refractivity contribution in [3.63, 3.8) is 0 Å². The minimum absolute atomic E-state index is 0.169. The Morgan fingerprint density at radius 1 is 0.977 bits per heavy atom. The number of fused-ring (bicyclic) bond motifs is 1. The normalized spacial score (nSPS) is 17.2. The summed E-state index contributed by atoms with van der Waals surface area (Å²) in [6.07, 6.45) is 3.55. The number of carbonyl (C=O) groups excluding carboxylic acids is 2. The Morgan fingerprint density at radius 2 is 1.72 bits per heavy atom. The van der Waals surface area contributed by atoms with Crippen molar-refractivity contribution in [1.29, 1.82) is 0 Å². The van der Waals surface area contributed by atoms with Crippen LogP contribution in [-0.4, -0.2) is 69.3 Å². The van der Waals surface area contributed by atoms with Crippen LogP contribution in [0.4, 0.5) is 5.69 Å². The summed E-state index contributed by atoms with van der Waals surface area (Å²) >= 11 is 0. The quantitative estimate of drug-likeness (QED) is 0.266. The molecule has 0 saturated carbocycles. The molecular weight excluding hydrogens is 538 g/mol. The molecule has 1 aromatic heterocycles. The SMILES string of the molecule is CC(C)(C)OC(=O)c1cccc(CN2CN(c3ccccc3)C3(CCN(CCCc4[nH]nc5ccccc45)CC3)C2=O)c1. The molecule has 2 aliphatic heterocycles. The topological polar surface area (TPSA) is 81.8 Å². The number of nitrogens with zero attached hydrogens (tertiary/aromatic N) is 4. The summed E-state index contributed by atoms with van der Waals surface area (Å²) in [4.78, 5) is 33.7. The smallest absolute Gasteiger partial charge is 0.338 e. The van der Waals surface area contributed by atoms with Gasteiger partial charge in [-0.3, -0.25) is 9.89 Å². The summed E-state index contributed by atoms with van der Waals surface area (Å²) in [6.45, 7) is 9.30. The highest BCUT2D eigenvalue weighted by molar-refractivity contribution is 5.94. The van der Waals surface area contributed by atoms with Crippen molar-refractivity contribution in [2.75, 3.05) is 31.2 Å². The molecule has 3 aromatic carbocycles. The second kappa shape index (κ2) is 11.8. The highest BCUT2D eigenvalue weighted by Gasteiger charge is 2.53. The van der Waals surface area contributed by atoms with E-state index < -0.39 is 11.1 Å². The molecule has 6 rings (SSSR count). The molecule has 3 heterocycles. The van der Waals surface area contributed by atoms with Gasteiger partial charge in [-0.05, 0) is 88.9 Å². The van der Waals surface area contributed by atoms with Crippen molar-refractivity contribution in [2.24, 2.45) is 0 Å². The van der Waals surface area contributed by atoms with Crippen LogP contribution in [0.1, 0.15) is 61.6 Å². The summed E-state index contributed by atoms with van der Waals surface area (Å²) in [5, 5.41) is 8.85. The van der Waals surface area contributed by atoms with Crippen LogP contribution in [0.15, 0.2) is 78.9 Å². The van der Waals surface area contributed by atoms with Gasteiger partial charge in [0.25, 0.3) is 0 Å². The van der Waals surface area contributed by atoms with Gasteiger partial charge >= 0.3 is 5.97 Å². The molecular formula is C35H41N5O3. The van der Waals surface area contributed by atoms with E-state index in [1.165, 1.54) is 11.1 Å². The number of para-hydroxylation sites is 2. The zero-order valence-corrected chi connectivity index (χ0v) is 25.4. The third-order valence-electron chi connectivity index (χ3n) is 8.64. The number of anilines is 1. The lowest BCUT2D eigenvalue weighted by Crippen LogP contribution is -2.56. The second-order valence-corrected chi connectivity index (χ2v) is 12.8. The Labute approximate surface area is 253 Å². The molecule has 0 unspecified atom stereocenters. The van der Waals surface area contributed by atoms with E-state index >= 15 is 0 Å². The van der Waals surface area contributed by atoms with E-state index in [4.69, 9.17) is 4.74 Å². The molecule has 8 heteroatoms. The van der Waals surface area contributed by atoms with Gasteiger partial charge in [-0.1, -0.05) is 48.5 Å². The second-order valence-electron chi connectivity index (χ2n) is 12.8. The molecule has 2 aliphatic rings. The molecule has 8 nitrogen and oxygen atoms in total. The number of nitrogens with one attached hydrogen (secondary N) is 1. The third kappa shape index (κ3) is 6.15. The third-order valence-corrected chi connectivity index (χ3v) is 8.64. The number of piperidine rings is 1. The molecule has 224 valence electrons. The Kier molecular flexibility index (Phi) is 7.97. The van der Waals surface area contributed by atoms with Crippen LogP contribution < -0.4 is 4.90 Å². The van der Waals surface area contributed by atoms with E-state index in [1.54, 1.807) is 6.07 Å². The van der Waals surface area contributed by atoms with Crippen molar-refractivity contribution in [2.45, 2.75) is 64.1 Å². The van der Waals surface area contributed by atoms with Crippen LogP contribution in [0.2, 0.25) is 0 Å². The van der Waals surface area contributed by atoms with Crippen molar-refractivity contribution in [3.05, 3.63) is 95.7 Å². The van der Waals surface area contributed by atoms with Crippen molar-refractivity contribution in [3.8, 4) is 0 Å². The number of carbonyl (C=O) groups is 2. The van der Waals surface area contributed by atoms with Crippen LogP contribution in [0.5, 0.6) is 0 Å². The van der Waals surface area contributed by atoms with Crippen molar-refractivity contribution < 1.29 is 14.3 Å². The van der Waals surface area contributed by atoms with E-state index in [-0.39, 0.29) is 11.9 Å². The van der Waals surface area contributed by atoms with E-state index in [9.17, 15) is 9.59 Å². The lowest BCUT2D eigenvalue weighted by atomic mass is 9.85. The van der Waals surface area contributed by atoms with Gasteiger partial charge in [-0.2, -0.15) is 5.10 Å². The molecule has 1 amide bonds. The number of amides is 1. The number of aromatic nitrogens is 2. The lowest BCUT2D eigenvalue weighted by molar-refractivity contribution is -0.134. The van der Waals surface area contributed by atoms with Gasteiger partial charge in [0.1, 0.15) is 11.1 Å². The van der Waals surface area contributed by atoms with Gasteiger partial charge in [-0.15, -0.1) is 0 Å². The molecule has 0 bridgehead atoms. The average molecular weight is 580 g/mol. The summed E-state index contributed by atoms with van der Waals surface area (Å²) in [5.74, 6) is -0.180.